The summed E-state index contributed by atoms with van der Waals surface area (Å²) in [6.45, 7) is 4.56. The maximum Gasteiger partial charge on any atom is 0.325 e. The van der Waals surface area contributed by atoms with Crippen molar-refractivity contribution in [3.63, 3.8) is 0 Å². The van der Waals surface area contributed by atoms with Crippen LogP contribution in [0.4, 0.5) is 0 Å². The first kappa shape index (κ1) is 16.4. The smallest absolute Gasteiger partial charge is 0.325 e. The third kappa shape index (κ3) is 2.31. The predicted octanol–water partition coefficient (Wildman–Crippen LogP) is 1.45. The molecule has 2 N–H and O–H groups in total. The fraction of sp³-hybridized carbons (Fsp3) is 0.895. The summed E-state index contributed by atoms with van der Waals surface area (Å²) in [6.07, 6.45) is 3.61. The van der Waals surface area contributed by atoms with Crippen LogP contribution in [0.1, 0.15) is 33.1 Å². The Balaban J connectivity index is 1.37. The standard InChI is InChI=1S/C19H29NO4/c1-9-10(2)13-7-12(9)17-11-5-14(18(13)17)15(6-11)19(23)20-8-16(22)24-4-3-21/h9-15,17-18,21H,3-8H2,1-2H3,(H,20,23). The van der Waals surface area contributed by atoms with E-state index < -0.39 is 5.97 Å². The summed E-state index contributed by atoms with van der Waals surface area (Å²) in [6, 6.07) is 0. The molecule has 9 unspecified atom stereocenters. The maximum absolute atomic E-state index is 12.6. The minimum absolute atomic E-state index is 0.00821. The van der Waals surface area contributed by atoms with Crippen LogP contribution in [0.2, 0.25) is 0 Å². The predicted molar refractivity (Wildman–Crippen MR) is 87.7 cm³/mol. The zero-order valence-corrected chi connectivity index (χ0v) is 14.6. The summed E-state index contributed by atoms with van der Waals surface area (Å²) in [4.78, 5) is 24.1. The monoisotopic (exact) mass is 335 g/mol. The van der Waals surface area contributed by atoms with Crippen LogP contribution < -0.4 is 5.32 Å². The molecule has 4 aliphatic carbocycles. The zero-order valence-electron chi connectivity index (χ0n) is 14.6. The molecular weight excluding hydrogens is 306 g/mol. The number of hydrogen-bond donors (Lipinski definition) is 2. The van der Waals surface area contributed by atoms with E-state index in [4.69, 9.17) is 9.84 Å². The van der Waals surface area contributed by atoms with Crippen molar-refractivity contribution in [2.24, 2.45) is 53.3 Å². The van der Waals surface area contributed by atoms with Gasteiger partial charge in [-0.25, -0.2) is 0 Å². The Bertz CT molecular complexity index is 535. The summed E-state index contributed by atoms with van der Waals surface area (Å²) in [5.41, 5.74) is 0. The number of fused-ring (bicyclic) bond motifs is 9. The molecule has 4 rings (SSSR count). The number of rotatable bonds is 5. The number of esters is 1. The molecule has 0 heterocycles. The minimum atomic E-state index is -0.471. The second kappa shape index (κ2) is 6.01. The molecule has 0 radical (unpaired) electrons. The molecule has 5 heteroatoms. The average molecular weight is 335 g/mol. The van der Waals surface area contributed by atoms with E-state index in [-0.39, 0.29) is 31.6 Å². The van der Waals surface area contributed by atoms with Gasteiger partial charge in [-0.05, 0) is 66.6 Å². The van der Waals surface area contributed by atoms with Crippen LogP contribution in [0.3, 0.4) is 0 Å². The van der Waals surface area contributed by atoms with Crippen molar-refractivity contribution < 1.29 is 19.4 Å². The molecule has 9 atom stereocenters. The van der Waals surface area contributed by atoms with Crippen LogP contribution in [0.25, 0.3) is 0 Å². The Morgan fingerprint density at radius 2 is 1.75 bits per heavy atom. The fourth-order valence-electron chi connectivity index (χ4n) is 7.03. The van der Waals surface area contributed by atoms with E-state index in [9.17, 15) is 9.59 Å². The van der Waals surface area contributed by atoms with Crippen LogP contribution in [-0.2, 0) is 14.3 Å². The number of aliphatic hydroxyl groups is 1. The number of amides is 1. The Morgan fingerprint density at radius 1 is 1.04 bits per heavy atom. The second-order valence-corrected chi connectivity index (χ2v) is 8.60. The molecule has 0 spiro atoms. The lowest BCUT2D eigenvalue weighted by Crippen LogP contribution is -2.44. The van der Waals surface area contributed by atoms with Gasteiger partial charge in [0, 0.05) is 5.92 Å². The summed E-state index contributed by atoms with van der Waals surface area (Å²) < 4.78 is 4.80. The van der Waals surface area contributed by atoms with Gasteiger partial charge in [0.05, 0.1) is 6.61 Å². The highest BCUT2D eigenvalue weighted by atomic mass is 16.5. The largest absolute Gasteiger partial charge is 0.462 e. The van der Waals surface area contributed by atoms with Crippen molar-refractivity contribution in [3.05, 3.63) is 0 Å². The molecule has 0 aromatic heterocycles. The van der Waals surface area contributed by atoms with E-state index in [2.05, 4.69) is 19.2 Å². The van der Waals surface area contributed by atoms with Crippen LogP contribution in [0, 0.1) is 53.3 Å². The van der Waals surface area contributed by atoms with E-state index in [1.807, 2.05) is 0 Å². The summed E-state index contributed by atoms with van der Waals surface area (Å²) >= 11 is 0. The van der Waals surface area contributed by atoms with Crippen LogP contribution in [-0.4, -0.2) is 36.7 Å². The molecule has 134 valence electrons. The normalized spacial score (nSPS) is 47.7. The third-order valence-corrected chi connectivity index (χ3v) is 7.94. The SMILES string of the molecule is CC1C(C)C2CC1C1C3CC(C(=O)NCC(=O)OCCO)C(C3)C21. The molecule has 0 aliphatic heterocycles. The lowest BCUT2D eigenvalue weighted by molar-refractivity contribution is -0.145. The van der Waals surface area contributed by atoms with E-state index in [0.29, 0.717) is 5.92 Å². The highest BCUT2D eigenvalue weighted by molar-refractivity contribution is 5.84. The number of ether oxygens (including phenoxy) is 1. The van der Waals surface area contributed by atoms with Gasteiger partial charge in [-0.15, -0.1) is 0 Å². The fourth-order valence-corrected chi connectivity index (χ4v) is 7.03. The third-order valence-electron chi connectivity index (χ3n) is 7.94. The summed E-state index contributed by atoms with van der Waals surface area (Å²) in [5, 5.41) is 11.4. The molecule has 4 saturated carbocycles. The van der Waals surface area contributed by atoms with Gasteiger partial charge in [-0.3, -0.25) is 9.59 Å². The molecular formula is C19H29NO4. The van der Waals surface area contributed by atoms with E-state index in [0.717, 1.165) is 47.8 Å². The molecule has 0 aromatic carbocycles. The molecule has 1 amide bonds. The van der Waals surface area contributed by atoms with Crippen LogP contribution >= 0.6 is 0 Å². The van der Waals surface area contributed by atoms with Gasteiger partial charge < -0.3 is 15.2 Å². The van der Waals surface area contributed by atoms with Crippen molar-refractivity contribution in [1.29, 1.82) is 0 Å². The first-order chi connectivity index (χ1) is 11.5. The molecule has 4 bridgehead atoms. The lowest BCUT2D eigenvalue weighted by Gasteiger charge is -2.43. The van der Waals surface area contributed by atoms with Crippen molar-refractivity contribution in [2.75, 3.05) is 19.8 Å². The molecule has 4 fully saturated rings. The van der Waals surface area contributed by atoms with Gasteiger partial charge in [0.15, 0.2) is 0 Å². The van der Waals surface area contributed by atoms with Crippen molar-refractivity contribution in [2.45, 2.75) is 33.1 Å². The topological polar surface area (TPSA) is 75.6 Å². The summed E-state index contributed by atoms with van der Waals surface area (Å²) in [7, 11) is 0. The van der Waals surface area contributed by atoms with Gasteiger partial charge in [-0.1, -0.05) is 13.8 Å². The Hall–Kier alpha value is -1.10. The van der Waals surface area contributed by atoms with E-state index in [1.54, 1.807) is 0 Å². The molecule has 5 nitrogen and oxygen atoms in total. The second-order valence-electron chi connectivity index (χ2n) is 8.60. The number of nitrogens with one attached hydrogen (secondary N) is 1. The number of carbonyl (C=O) groups excluding carboxylic acids is 2. The number of carbonyl (C=O) groups is 2. The first-order valence-corrected chi connectivity index (χ1v) is 9.57. The van der Waals surface area contributed by atoms with Gasteiger partial charge in [0.1, 0.15) is 13.2 Å². The molecule has 4 aliphatic rings. The van der Waals surface area contributed by atoms with Gasteiger partial charge in [0.2, 0.25) is 5.91 Å². The van der Waals surface area contributed by atoms with Crippen molar-refractivity contribution in [1.82, 2.24) is 5.32 Å². The minimum Gasteiger partial charge on any atom is -0.462 e. The summed E-state index contributed by atoms with van der Waals surface area (Å²) in [5.74, 6) is 5.87. The highest BCUT2D eigenvalue weighted by Gasteiger charge is 2.66. The maximum atomic E-state index is 12.6. The molecule has 0 saturated heterocycles. The Kier molecular flexibility index (Phi) is 4.10. The van der Waals surface area contributed by atoms with Crippen molar-refractivity contribution >= 4 is 11.9 Å². The first-order valence-electron chi connectivity index (χ1n) is 9.57. The van der Waals surface area contributed by atoms with Crippen molar-refractivity contribution in [3.8, 4) is 0 Å². The Labute approximate surface area is 143 Å². The molecule has 24 heavy (non-hydrogen) atoms. The zero-order chi connectivity index (χ0) is 17.0. The van der Waals surface area contributed by atoms with Gasteiger partial charge in [0.25, 0.3) is 0 Å². The quantitative estimate of drug-likeness (QED) is 0.589. The molecule has 0 aromatic rings. The highest BCUT2D eigenvalue weighted by Crippen LogP contribution is 2.71. The van der Waals surface area contributed by atoms with Crippen LogP contribution in [0.5, 0.6) is 0 Å². The van der Waals surface area contributed by atoms with Gasteiger partial charge >= 0.3 is 5.97 Å². The average Bonchev–Trinajstić information content (AvgIpc) is 3.30. The van der Waals surface area contributed by atoms with E-state index >= 15 is 0 Å². The number of aliphatic hydroxyl groups excluding tert-OH is 1. The Morgan fingerprint density at radius 3 is 2.46 bits per heavy atom. The van der Waals surface area contributed by atoms with E-state index in [1.165, 1.54) is 12.8 Å². The van der Waals surface area contributed by atoms with Gasteiger partial charge in [-0.2, -0.15) is 0 Å². The van der Waals surface area contributed by atoms with Crippen LogP contribution in [0.15, 0.2) is 0 Å². The lowest BCUT2D eigenvalue weighted by atomic mass is 9.62. The number of hydrogen-bond acceptors (Lipinski definition) is 4.